The molecule has 1 atom stereocenters. The highest BCUT2D eigenvalue weighted by molar-refractivity contribution is 5.54. The molecule has 0 amide bonds. The molecule has 3 rings (SSSR count). The number of anilines is 2. The van der Waals surface area contributed by atoms with Crippen LogP contribution in [0.15, 0.2) is 30.5 Å². The Balaban J connectivity index is 1.99. The molecule has 0 bridgehead atoms. The molecule has 6 nitrogen and oxygen atoms in total. The Labute approximate surface area is 153 Å². The van der Waals surface area contributed by atoms with Gasteiger partial charge in [0.1, 0.15) is 5.82 Å². The average Bonchev–Trinajstić information content (AvgIpc) is 3.04. The molecule has 142 valence electrons. The monoisotopic (exact) mass is 377 g/mol. The van der Waals surface area contributed by atoms with Crippen LogP contribution in [-0.2, 0) is 6.42 Å². The topological polar surface area (TPSA) is 75.9 Å². The molecule has 9 heteroatoms. The van der Waals surface area contributed by atoms with Gasteiger partial charge in [-0.15, -0.1) is 5.10 Å². The zero-order chi connectivity index (χ0) is 19.6. The summed E-state index contributed by atoms with van der Waals surface area (Å²) in [6.45, 7) is 3.65. The van der Waals surface area contributed by atoms with Gasteiger partial charge in [-0.2, -0.15) is 4.98 Å². The highest BCUT2D eigenvalue weighted by Crippen LogP contribution is 2.23. The normalized spacial score (nSPS) is 12.2. The Bertz CT molecular complexity index is 960. The molecule has 0 fully saturated rings. The number of pyridine rings is 1. The number of aliphatic hydroxyl groups is 1. The summed E-state index contributed by atoms with van der Waals surface area (Å²) in [6, 6.07) is 5.36. The quantitative estimate of drug-likeness (QED) is 0.644. The van der Waals surface area contributed by atoms with Gasteiger partial charge >= 0.3 is 0 Å². The van der Waals surface area contributed by atoms with Gasteiger partial charge in [0.05, 0.1) is 17.5 Å². The molecule has 2 aromatic heterocycles. The number of aliphatic hydroxyl groups excluding tert-OH is 1. The van der Waals surface area contributed by atoms with E-state index < -0.39 is 23.6 Å². The number of hydrogen-bond donors (Lipinski definition) is 2. The summed E-state index contributed by atoms with van der Waals surface area (Å²) in [5.74, 6) is -3.80. The van der Waals surface area contributed by atoms with Crippen molar-refractivity contribution in [3.05, 3.63) is 59.4 Å². The van der Waals surface area contributed by atoms with Crippen LogP contribution < -0.4 is 5.32 Å². The van der Waals surface area contributed by atoms with Crippen LogP contribution in [0.25, 0.3) is 5.69 Å². The predicted octanol–water partition coefficient (Wildman–Crippen LogP) is 3.45. The van der Waals surface area contributed by atoms with Gasteiger partial charge in [-0.05, 0) is 37.6 Å². The van der Waals surface area contributed by atoms with Crippen LogP contribution >= 0.6 is 0 Å². The third kappa shape index (κ3) is 4.08. The maximum absolute atomic E-state index is 13.9. The number of hydrogen-bond acceptors (Lipinski definition) is 5. The van der Waals surface area contributed by atoms with Crippen molar-refractivity contribution in [2.75, 3.05) is 5.32 Å². The fourth-order valence-corrected chi connectivity index (χ4v) is 2.50. The van der Waals surface area contributed by atoms with E-state index in [1.54, 1.807) is 18.3 Å². The van der Waals surface area contributed by atoms with E-state index in [1.165, 1.54) is 4.68 Å². The molecule has 27 heavy (non-hydrogen) atoms. The van der Waals surface area contributed by atoms with Crippen molar-refractivity contribution < 1.29 is 18.3 Å². The van der Waals surface area contributed by atoms with Gasteiger partial charge in [0.2, 0.25) is 5.95 Å². The zero-order valence-electron chi connectivity index (χ0n) is 14.7. The van der Waals surface area contributed by atoms with E-state index in [1.807, 2.05) is 13.8 Å². The van der Waals surface area contributed by atoms with E-state index in [-0.39, 0.29) is 18.1 Å². The molecule has 0 aliphatic carbocycles. The number of rotatable bonds is 6. The van der Waals surface area contributed by atoms with E-state index in [9.17, 15) is 18.3 Å². The predicted molar refractivity (Wildman–Crippen MR) is 93.5 cm³/mol. The van der Waals surface area contributed by atoms with Gasteiger partial charge in [-0.1, -0.05) is 6.92 Å². The van der Waals surface area contributed by atoms with Gasteiger partial charge in [0.25, 0.3) is 0 Å². The van der Waals surface area contributed by atoms with Crippen LogP contribution in [0.2, 0.25) is 0 Å². The highest BCUT2D eigenvalue weighted by Gasteiger charge is 2.18. The van der Waals surface area contributed by atoms with Gasteiger partial charge < -0.3 is 10.4 Å². The van der Waals surface area contributed by atoms with E-state index in [4.69, 9.17) is 0 Å². The van der Waals surface area contributed by atoms with Crippen molar-refractivity contribution in [2.45, 2.75) is 32.8 Å². The minimum Gasteiger partial charge on any atom is -0.393 e. The van der Waals surface area contributed by atoms with Gasteiger partial charge in [-0.25, -0.2) is 17.9 Å². The summed E-state index contributed by atoms with van der Waals surface area (Å²) in [5, 5.41) is 16.8. The summed E-state index contributed by atoms with van der Waals surface area (Å²) >= 11 is 0. The molecule has 1 unspecified atom stereocenters. The highest BCUT2D eigenvalue weighted by atomic mass is 19.2. The molecule has 0 spiro atoms. The molecule has 0 aliphatic rings. The van der Waals surface area contributed by atoms with E-state index in [0.29, 0.717) is 17.9 Å². The summed E-state index contributed by atoms with van der Waals surface area (Å²) in [4.78, 5) is 8.39. The average molecular weight is 377 g/mol. The summed E-state index contributed by atoms with van der Waals surface area (Å²) in [6.07, 6.45) is 1.70. The first-order valence-corrected chi connectivity index (χ1v) is 8.36. The Morgan fingerprint density at radius 1 is 1.19 bits per heavy atom. The number of nitrogens with one attached hydrogen (secondary N) is 1. The van der Waals surface area contributed by atoms with Crippen LogP contribution in [0.5, 0.6) is 0 Å². The number of aromatic nitrogens is 4. The minimum absolute atomic E-state index is 0.00678. The third-order valence-electron chi connectivity index (χ3n) is 3.97. The lowest BCUT2D eigenvalue weighted by atomic mass is 10.2. The molecule has 0 radical (unpaired) electrons. The number of halogens is 3. The number of nitrogens with zero attached hydrogens (tertiary/aromatic N) is 4. The Morgan fingerprint density at radius 3 is 2.67 bits per heavy atom. The summed E-state index contributed by atoms with van der Waals surface area (Å²) < 4.78 is 41.9. The van der Waals surface area contributed by atoms with Crippen LogP contribution in [-0.4, -0.2) is 31.0 Å². The first kappa shape index (κ1) is 18.8. The molecule has 2 N–H and O–H groups in total. The second-order valence-electron chi connectivity index (χ2n) is 6.03. The molecule has 0 aliphatic heterocycles. The first-order chi connectivity index (χ1) is 12.9. The molecule has 3 aromatic rings. The Hall–Kier alpha value is -2.94. The fraction of sp³-hybridized carbons (Fsp3) is 0.278. The van der Waals surface area contributed by atoms with E-state index in [0.717, 1.165) is 17.8 Å². The first-order valence-electron chi connectivity index (χ1n) is 8.36. The summed E-state index contributed by atoms with van der Waals surface area (Å²) in [7, 11) is 0. The molecular weight excluding hydrogens is 359 g/mol. The van der Waals surface area contributed by atoms with Crippen molar-refractivity contribution in [1.82, 2.24) is 19.7 Å². The van der Waals surface area contributed by atoms with Crippen LogP contribution in [0.4, 0.5) is 24.8 Å². The zero-order valence-corrected chi connectivity index (χ0v) is 14.7. The van der Waals surface area contributed by atoms with Gasteiger partial charge in [0.15, 0.2) is 17.5 Å². The molecule has 1 aromatic carbocycles. The van der Waals surface area contributed by atoms with Crippen LogP contribution in [0.1, 0.15) is 24.9 Å². The van der Waals surface area contributed by atoms with Gasteiger partial charge in [-0.3, -0.25) is 4.98 Å². The maximum Gasteiger partial charge on any atom is 0.247 e. The lowest BCUT2D eigenvalue weighted by Gasteiger charge is -2.09. The number of aryl methyl sites for hydroxylation is 1. The largest absolute Gasteiger partial charge is 0.393 e. The van der Waals surface area contributed by atoms with Crippen molar-refractivity contribution in [3.63, 3.8) is 0 Å². The van der Waals surface area contributed by atoms with Crippen molar-refractivity contribution in [2.24, 2.45) is 0 Å². The molecular formula is C18H18F3N5O. The number of benzene rings is 1. The Kier molecular flexibility index (Phi) is 5.41. The lowest BCUT2D eigenvalue weighted by molar-refractivity contribution is 0.167. The van der Waals surface area contributed by atoms with E-state index >= 15 is 0 Å². The maximum atomic E-state index is 13.9. The van der Waals surface area contributed by atoms with Crippen LogP contribution in [0, 0.1) is 24.4 Å². The smallest absolute Gasteiger partial charge is 0.247 e. The lowest BCUT2D eigenvalue weighted by Crippen LogP contribution is -2.13. The Morgan fingerprint density at radius 2 is 1.96 bits per heavy atom. The summed E-state index contributed by atoms with van der Waals surface area (Å²) in [5.41, 5.74) is 1.12. The fourth-order valence-electron chi connectivity index (χ4n) is 2.50. The van der Waals surface area contributed by atoms with Crippen molar-refractivity contribution in [3.8, 4) is 5.69 Å². The third-order valence-corrected chi connectivity index (χ3v) is 3.97. The van der Waals surface area contributed by atoms with Crippen molar-refractivity contribution in [1.29, 1.82) is 0 Å². The second kappa shape index (κ2) is 7.75. The minimum atomic E-state index is -1.58. The molecule has 2 heterocycles. The van der Waals surface area contributed by atoms with E-state index in [2.05, 4.69) is 20.4 Å². The van der Waals surface area contributed by atoms with Gasteiger partial charge in [0, 0.05) is 18.3 Å². The van der Waals surface area contributed by atoms with Crippen molar-refractivity contribution >= 4 is 11.6 Å². The molecule has 0 saturated carbocycles. The molecule has 0 saturated heterocycles. The SMILES string of the molecule is CCC(O)Cc1nc(Nc2ccc(F)c(F)c2F)nn1-c1ccnc(C)c1. The second-order valence-corrected chi connectivity index (χ2v) is 6.03. The van der Waals surface area contributed by atoms with Crippen LogP contribution in [0.3, 0.4) is 0 Å². The standard InChI is InChI=1S/C18H18F3N5O/c1-3-12(27)9-15-24-18(23-14-5-4-13(19)16(20)17(14)21)25-26(15)11-6-7-22-10(2)8-11/h4-8,12,27H,3,9H2,1-2H3,(H,23,25).